The molecule has 0 bridgehead atoms. The lowest BCUT2D eigenvalue weighted by Crippen LogP contribution is -1.88. The lowest BCUT2D eigenvalue weighted by Gasteiger charge is -1.94. The number of nitrogens with zero attached hydrogens (tertiary/aromatic N) is 2. The van der Waals surface area contributed by atoms with Gasteiger partial charge in [0.25, 0.3) is 0 Å². The van der Waals surface area contributed by atoms with Crippen molar-refractivity contribution in [2.45, 2.75) is 5.75 Å². The number of aromatic nitrogens is 2. The van der Waals surface area contributed by atoms with Crippen LogP contribution in [0.25, 0.3) is 5.52 Å². The van der Waals surface area contributed by atoms with Gasteiger partial charge in [-0.25, -0.2) is 4.98 Å². The highest BCUT2D eigenvalue weighted by Crippen LogP contribution is 2.18. The minimum Gasteiger partial charge on any atom is -0.302 e. The first-order valence-corrected chi connectivity index (χ1v) is 4.98. The van der Waals surface area contributed by atoms with Crippen molar-refractivity contribution in [1.82, 2.24) is 9.38 Å². The predicted octanol–water partition coefficient (Wildman–Crippen LogP) is 2.53. The van der Waals surface area contributed by atoms with Crippen molar-refractivity contribution in [2.75, 3.05) is 0 Å². The Kier molecular flexibility index (Phi) is 2.11. The first kappa shape index (κ1) is 8.13. The molecule has 62 valence electrons. The van der Waals surface area contributed by atoms with Gasteiger partial charge in [0.05, 0.1) is 5.52 Å². The molecule has 0 aliphatic heterocycles. The van der Waals surface area contributed by atoms with Crippen LogP contribution in [0.3, 0.4) is 0 Å². The standard InChI is InChI=1S/C8H7BrN2S/c9-8-6-3-1-2-4-11(6)7(5-12)10-8/h1-4,12H,5H2. The highest BCUT2D eigenvalue weighted by molar-refractivity contribution is 9.10. The molecule has 0 unspecified atom stereocenters. The zero-order valence-electron chi connectivity index (χ0n) is 6.24. The summed E-state index contributed by atoms with van der Waals surface area (Å²) in [4.78, 5) is 4.31. The molecule has 0 amide bonds. The molecule has 0 aliphatic rings. The molecule has 0 aromatic carbocycles. The number of pyridine rings is 1. The van der Waals surface area contributed by atoms with Gasteiger partial charge in [-0.15, -0.1) is 0 Å². The zero-order valence-corrected chi connectivity index (χ0v) is 8.72. The van der Waals surface area contributed by atoms with Crippen LogP contribution in [0.4, 0.5) is 0 Å². The molecule has 0 atom stereocenters. The van der Waals surface area contributed by atoms with E-state index in [1.807, 2.05) is 28.8 Å². The molecule has 2 nitrogen and oxygen atoms in total. The van der Waals surface area contributed by atoms with Crippen LogP contribution in [0, 0.1) is 0 Å². The number of hydrogen-bond acceptors (Lipinski definition) is 2. The smallest absolute Gasteiger partial charge is 0.132 e. The molecule has 0 saturated heterocycles. The largest absolute Gasteiger partial charge is 0.302 e. The highest BCUT2D eigenvalue weighted by atomic mass is 79.9. The third kappa shape index (κ3) is 1.15. The predicted molar refractivity (Wildman–Crippen MR) is 55.6 cm³/mol. The van der Waals surface area contributed by atoms with Gasteiger partial charge in [-0.2, -0.15) is 12.6 Å². The number of fused-ring (bicyclic) bond motifs is 1. The van der Waals surface area contributed by atoms with E-state index in [1.165, 1.54) is 0 Å². The Bertz CT molecular complexity index is 410. The molecular formula is C8H7BrN2S. The normalized spacial score (nSPS) is 10.8. The van der Waals surface area contributed by atoms with E-state index in [2.05, 4.69) is 33.5 Å². The van der Waals surface area contributed by atoms with Crippen LogP contribution < -0.4 is 0 Å². The summed E-state index contributed by atoms with van der Waals surface area (Å²) in [7, 11) is 0. The molecule has 0 N–H and O–H groups in total. The van der Waals surface area contributed by atoms with Gasteiger partial charge in [-0.1, -0.05) is 6.07 Å². The van der Waals surface area contributed by atoms with Gasteiger partial charge in [0, 0.05) is 11.9 Å². The van der Waals surface area contributed by atoms with E-state index in [4.69, 9.17) is 0 Å². The molecule has 12 heavy (non-hydrogen) atoms. The summed E-state index contributed by atoms with van der Waals surface area (Å²) in [6, 6.07) is 5.99. The van der Waals surface area contributed by atoms with Crippen LogP contribution in [-0.4, -0.2) is 9.38 Å². The van der Waals surface area contributed by atoms with E-state index < -0.39 is 0 Å². The van der Waals surface area contributed by atoms with Gasteiger partial charge in [0.1, 0.15) is 10.4 Å². The van der Waals surface area contributed by atoms with Crippen LogP contribution in [0.15, 0.2) is 29.0 Å². The van der Waals surface area contributed by atoms with Crippen LogP contribution in [0.1, 0.15) is 5.82 Å². The molecule has 0 saturated carbocycles. The molecule has 2 rings (SSSR count). The number of halogens is 1. The third-order valence-electron chi connectivity index (χ3n) is 1.72. The molecule has 2 aromatic rings. The zero-order chi connectivity index (χ0) is 8.55. The lowest BCUT2D eigenvalue weighted by molar-refractivity contribution is 1.03. The van der Waals surface area contributed by atoms with Gasteiger partial charge in [0.2, 0.25) is 0 Å². The summed E-state index contributed by atoms with van der Waals surface area (Å²) < 4.78 is 2.91. The minimum absolute atomic E-state index is 0.650. The summed E-state index contributed by atoms with van der Waals surface area (Å²) in [6.45, 7) is 0. The highest BCUT2D eigenvalue weighted by Gasteiger charge is 2.05. The van der Waals surface area contributed by atoms with Gasteiger partial charge in [0.15, 0.2) is 0 Å². The van der Waals surface area contributed by atoms with E-state index in [-0.39, 0.29) is 0 Å². The van der Waals surface area contributed by atoms with E-state index >= 15 is 0 Å². The second-order valence-electron chi connectivity index (χ2n) is 2.43. The molecule has 2 aromatic heterocycles. The average Bonchev–Trinajstić information content (AvgIpc) is 2.44. The summed E-state index contributed by atoms with van der Waals surface area (Å²) >= 11 is 7.59. The van der Waals surface area contributed by atoms with Crippen molar-refractivity contribution >= 4 is 34.1 Å². The number of rotatable bonds is 1. The monoisotopic (exact) mass is 242 g/mol. The molecule has 4 heteroatoms. The van der Waals surface area contributed by atoms with Crippen LogP contribution in [-0.2, 0) is 5.75 Å². The first-order valence-electron chi connectivity index (χ1n) is 3.55. The summed E-state index contributed by atoms with van der Waals surface area (Å²) in [6.07, 6.45) is 1.98. The molecule has 0 spiro atoms. The van der Waals surface area contributed by atoms with Gasteiger partial charge in [-0.05, 0) is 28.1 Å². The Morgan fingerprint density at radius 3 is 3.08 bits per heavy atom. The van der Waals surface area contributed by atoms with E-state index in [1.54, 1.807) is 0 Å². The van der Waals surface area contributed by atoms with Gasteiger partial charge in [-0.3, -0.25) is 0 Å². The summed E-state index contributed by atoms with van der Waals surface area (Å²) in [5.74, 6) is 1.61. The van der Waals surface area contributed by atoms with Gasteiger partial charge < -0.3 is 4.40 Å². The molecule has 0 aliphatic carbocycles. The Hall–Kier alpha value is -0.480. The fourth-order valence-electron chi connectivity index (χ4n) is 1.17. The summed E-state index contributed by atoms with van der Waals surface area (Å²) in [5.41, 5.74) is 1.08. The van der Waals surface area contributed by atoms with Crippen LogP contribution >= 0.6 is 28.6 Å². The van der Waals surface area contributed by atoms with Crippen molar-refractivity contribution in [3.63, 3.8) is 0 Å². The van der Waals surface area contributed by atoms with E-state index in [0.29, 0.717) is 5.75 Å². The maximum absolute atomic E-state index is 4.31. The van der Waals surface area contributed by atoms with Crippen molar-refractivity contribution in [3.05, 3.63) is 34.8 Å². The Morgan fingerprint density at radius 1 is 1.50 bits per heavy atom. The molecule has 0 radical (unpaired) electrons. The second-order valence-corrected chi connectivity index (χ2v) is 3.50. The topological polar surface area (TPSA) is 17.3 Å². The van der Waals surface area contributed by atoms with E-state index in [0.717, 1.165) is 15.9 Å². The maximum Gasteiger partial charge on any atom is 0.132 e. The number of hydrogen-bond donors (Lipinski definition) is 1. The maximum atomic E-state index is 4.31. The number of imidazole rings is 1. The van der Waals surface area contributed by atoms with E-state index in [9.17, 15) is 0 Å². The Balaban J connectivity index is 2.82. The third-order valence-corrected chi connectivity index (χ3v) is 2.58. The fourth-order valence-corrected chi connectivity index (χ4v) is 1.92. The van der Waals surface area contributed by atoms with Crippen LogP contribution in [0.5, 0.6) is 0 Å². The second kappa shape index (κ2) is 3.11. The SMILES string of the molecule is SCc1nc(Br)c2ccccn12. The fraction of sp³-hybridized carbons (Fsp3) is 0.125. The van der Waals surface area contributed by atoms with Crippen molar-refractivity contribution in [1.29, 1.82) is 0 Å². The Morgan fingerprint density at radius 2 is 2.33 bits per heavy atom. The number of thiol groups is 1. The first-order chi connectivity index (χ1) is 5.83. The molecular weight excluding hydrogens is 236 g/mol. The Labute approximate surface area is 84.2 Å². The van der Waals surface area contributed by atoms with Crippen molar-refractivity contribution in [2.24, 2.45) is 0 Å². The van der Waals surface area contributed by atoms with Crippen molar-refractivity contribution < 1.29 is 0 Å². The minimum atomic E-state index is 0.650. The molecule has 0 fully saturated rings. The van der Waals surface area contributed by atoms with Crippen molar-refractivity contribution in [3.8, 4) is 0 Å². The summed E-state index contributed by atoms with van der Waals surface area (Å²) in [5, 5.41) is 0. The van der Waals surface area contributed by atoms with Gasteiger partial charge >= 0.3 is 0 Å². The average molecular weight is 243 g/mol. The quantitative estimate of drug-likeness (QED) is 0.762. The van der Waals surface area contributed by atoms with Crippen LogP contribution in [0.2, 0.25) is 0 Å². The molecule has 2 heterocycles. The lowest BCUT2D eigenvalue weighted by atomic mass is 10.4.